The summed E-state index contributed by atoms with van der Waals surface area (Å²) in [6.07, 6.45) is 5.88. The van der Waals surface area contributed by atoms with Crippen LogP contribution in [0.4, 0.5) is 0 Å². The Labute approximate surface area is 254 Å². The lowest BCUT2D eigenvalue weighted by Crippen LogP contribution is -2.48. The van der Waals surface area contributed by atoms with Gasteiger partial charge in [0.25, 0.3) is 0 Å². The van der Waals surface area contributed by atoms with Crippen molar-refractivity contribution in [2.45, 2.75) is 62.8 Å². The standard InChI is InChI=1S/C34H43N5O2S/c1-3-24-13-15-27(16-14-24)28-9-6-11-30(23-28)42-38-31(22-26-8-4-10-29(21-26)33(35)36)34(41)39-19-17-25(18-20-39)7-5-12-32(40)37-2/h4,6,8-11,13-16,21,23,25,31,38H,3,5,7,12,17-20,22H2,1-2H3,(H3,35,36)(H,37,40)/t31-/m0/s1. The number of hydrogen-bond donors (Lipinski definition) is 4. The van der Waals surface area contributed by atoms with Gasteiger partial charge in [0, 0.05) is 37.0 Å². The van der Waals surface area contributed by atoms with Crippen molar-refractivity contribution < 1.29 is 9.59 Å². The molecule has 1 saturated heterocycles. The van der Waals surface area contributed by atoms with Crippen molar-refractivity contribution in [3.8, 4) is 11.1 Å². The molecule has 42 heavy (non-hydrogen) atoms. The predicted molar refractivity (Wildman–Crippen MR) is 172 cm³/mol. The maximum absolute atomic E-state index is 13.9. The van der Waals surface area contributed by atoms with Gasteiger partial charge in [0.05, 0.1) is 0 Å². The summed E-state index contributed by atoms with van der Waals surface area (Å²) < 4.78 is 3.49. The molecule has 5 N–H and O–H groups in total. The number of benzene rings is 3. The molecule has 1 heterocycles. The quantitative estimate of drug-likeness (QED) is 0.119. The fourth-order valence-corrected chi connectivity index (χ4v) is 6.23. The highest BCUT2D eigenvalue weighted by Crippen LogP contribution is 2.27. The minimum Gasteiger partial charge on any atom is -0.384 e. The average molecular weight is 586 g/mol. The number of carbonyl (C=O) groups excluding carboxylic acids is 2. The minimum atomic E-state index is -0.436. The second-order valence-electron chi connectivity index (χ2n) is 11.0. The number of amidine groups is 1. The summed E-state index contributed by atoms with van der Waals surface area (Å²) in [6.45, 7) is 3.61. The Bertz CT molecular complexity index is 1350. The molecule has 222 valence electrons. The summed E-state index contributed by atoms with van der Waals surface area (Å²) in [5.41, 5.74) is 11.0. The van der Waals surface area contributed by atoms with Crippen molar-refractivity contribution in [1.82, 2.24) is 14.9 Å². The van der Waals surface area contributed by atoms with E-state index in [1.165, 1.54) is 23.1 Å². The van der Waals surface area contributed by atoms with Gasteiger partial charge < -0.3 is 16.0 Å². The first-order chi connectivity index (χ1) is 20.4. The van der Waals surface area contributed by atoms with Gasteiger partial charge in [-0.3, -0.25) is 15.0 Å². The predicted octanol–water partition coefficient (Wildman–Crippen LogP) is 5.56. The molecule has 0 radical (unpaired) electrons. The van der Waals surface area contributed by atoms with E-state index in [9.17, 15) is 9.59 Å². The van der Waals surface area contributed by atoms with E-state index in [4.69, 9.17) is 11.1 Å². The molecular weight excluding hydrogens is 542 g/mol. The summed E-state index contributed by atoms with van der Waals surface area (Å²) in [6, 6.07) is 24.2. The van der Waals surface area contributed by atoms with E-state index < -0.39 is 6.04 Å². The van der Waals surface area contributed by atoms with Crippen molar-refractivity contribution >= 4 is 29.6 Å². The Morgan fingerprint density at radius 2 is 1.74 bits per heavy atom. The number of aryl methyl sites for hydroxylation is 1. The Morgan fingerprint density at radius 1 is 1.00 bits per heavy atom. The van der Waals surface area contributed by atoms with Crippen molar-refractivity contribution in [2.24, 2.45) is 11.7 Å². The topological polar surface area (TPSA) is 111 Å². The molecule has 1 atom stereocenters. The lowest BCUT2D eigenvalue weighted by atomic mass is 9.91. The number of nitrogens with zero attached hydrogens (tertiary/aromatic N) is 1. The van der Waals surface area contributed by atoms with Crippen LogP contribution in [0.1, 0.15) is 55.7 Å². The van der Waals surface area contributed by atoms with Crippen LogP contribution in [-0.4, -0.2) is 48.7 Å². The zero-order valence-corrected chi connectivity index (χ0v) is 25.5. The van der Waals surface area contributed by atoms with E-state index in [-0.39, 0.29) is 17.6 Å². The highest BCUT2D eigenvalue weighted by Gasteiger charge is 2.29. The highest BCUT2D eigenvalue weighted by molar-refractivity contribution is 7.97. The number of nitrogens with two attached hydrogens (primary N) is 1. The fourth-order valence-electron chi connectivity index (χ4n) is 5.43. The molecule has 0 aliphatic carbocycles. The van der Waals surface area contributed by atoms with Crippen LogP contribution in [0.25, 0.3) is 11.1 Å². The van der Waals surface area contributed by atoms with Gasteiger partial charge in [-0.15, -0.1) is 0 Å². The number of nitrogens with one attached hydrogen (secondary N) is 3. The zero-order chi connectivity index (χ0) is 29.9. The fraction of sp³-hybridized carbons (Fsp3) is 0.382. The molecule has 0 saturated carbocycles. The number of rotatable bonds is 13. The van der Waals surface area contributed by atoms with Crippen LogP contribution in [0.3, 0.4) is 0 Å². The van der Waals surface area contributed by atoms with Crippen LogP contribution < -0.4 is 15.8 Å². The van der Waals surface area contributed by atoms with Crippen LogP contribution in [0.5, 0.6) is 0 Å². The molecule has 1 fully saturated rings. The lowest BCUT2D eigenvalue weighted by Gasteiger charge is -2.34. The van der Waals surface area contributed by atoms with Crippen LogP contribution in [0.15, 0.2) is 77.7 Å². The average Bonchev–Trinajstić information content (AvgIpc) is 3.03. The molecule has 0 aromatic heterocycles. The van der Waals surface area contributed by atoms with E-state index in [0.29, 0.717) is 24.3 Å². The summed E-state index contributed by atoms with van der Waals surface area (Å²) in [5.74, 6) is 0.735. The van der Waals surface area contributed by atoms with Gasteiger partial charge in [0.2, 0.25) is 11.8 Å². The summed E-state index contributed by atoms with van der Waals surface area (Å²) in [5, 5.41) is 10.5. The second kappa shape index (κ2) is 15.6. The Kier molecular flexibility index (Phi) is 11.6. The highest BCUT2D eigenvalue weighted by atomic mass is 32.2. The third kappa shape index (κ3) is 8.94. The molecule has 3 aromatic carbocycles. The summed E-state index contributed by atoms with van der Waals surface area (Å²) >= 11 is 1.48. The number of carbonyl (C=O) groups is 2. The van der Waals surface area contributed by atoms with Crippen molar-refractivity contribution in [1.29, 1.82) is 5.41 Å². The third-order valence-electron chi connectivity index (χ3n) is 8.05. The first-order valence-electron chi connectivity index (χ1n) is 14.9. The summed E-state index contributed by atoms with van der Waals surface area (Å²) in [7, 11) is 1.67. The normalized spacial score (nSPS) is 14.4. The second-order valence-corrected chi connectivity index (χ2v) is 11.9. The number of nitrogen functional groups attached to an aromatic ring is 1. The lowest BCUT2D eigenvalue weighted by molar-refractivity contribution is -0.134. The van der Waals surface area contributed by atoms with E-state index in [0.717, 1.165) is 61.2 Å². The molecule has 8 heteroatoms. The molecular formula is C34H43N5O2S. The number of likely N-dealkylation sites (tertiary alicyclic amines) is 1. The molecule has 0 bridgehead atoms. The van der Waals surface area contributed by atoms with E-state index in [2.05, 4.69) is 65.5 Å². The minimum absolute atomic E-state index is 0.0179. The van der Waals surface area contributed by atoms with Crippen molar-refractivity contribution in [3.05, 3.63) is 89.5 Å². The van der Waals surface area contributed by atoms with E-state index >= 15 is 0 Å². The van der Waals surface area contributed by atoms with Gasteiger partial charge in [0.1, 0.15) is 11.9 Å². The van der Waals surface area contributed by atoms with Gasteiger partial charge in [-0.1, -0.05) is 61.5 Å². The largest absolute Gasteiger partial charge is 0.384 e. The zero-order valence-electron chi connectivity index (χ0n) is 24.7. The van der Waals surface area contributed by atoms with Crippen molar-refractivity contribution in [2.75, 3.05) is 20.1 Å². The maximum Gasteiger partial charge on any atom is 0.240 e. The Hall–Kier alpha value is -3.62. The van der Waals surface area contributed by atoms with Gasteiger partial charge in [-0.25, -0.2) is 4.72 Å². The van der Waals surface area contributed by atoms with Crippen LogP contribution in [0.2, 0.25) is 0 Å². The Balaban J connectivity index is 1.44. The van der Waals surface area contributed by atoms with Gasteiger partial charge in [-0.2, -0.15) is 0 Å². The first-order valence-corrected chi connectivity index (χ1v) is 15.7. The Morgan fingerprint density at radius 3 is 2.43 bits per heavy atom. The van der Waals surface area contributed by atoms with Crippen LogP contribution in [-0.2, 0) is 22.4 Å². The summed E-state index contributed by atoms with van der Waals surface area (Å²) in [4.78, 5) is 28.5. The van der Waals surface area contributed by atoms with Gasteiger partial charge in [0.15, 0.2) is 0 Å². The molecule has 7 nitrogen and oxygen atoms in total. The number of piperidine rings is 1. The smallest absolute Gasteiger partial charge is 0.240 e. The number of hydrogen-bond acceptors (Lipinski definition) is 5. The van der Waals surface area contributed by atoms with E-state index in [1.54, 1.807) is 7.05 Å². The monoisotopic (exact) mass is 585 g/mol. The molecule has 1 aliphatic heterocycles. The van der Waals surface area contributed by atoms with Crippen LogP contribution in [0, 0.1) is 11.3 Å². The maximum atomic E-state index is 13.9. The van der Waals surface area contributed by atoms with Crippen LogP contribution >= 0.6 is 11.9 Å². The van der Waals surface area contributed by atoms with Crippen molar-refractivity contribution in [3.63, 3.8) is 0 Å². The first kappa shape index (κ1) is 31.3. The molecule has 4 rings (SSSR count). The van der Waals surface area contributed by atoms with Gasteiger partial charge in [-0.05, 0) is 96.8 Å². The van der Waals surface area contributed by atoms with E-state index in [1.807, 2.05) is 29.2 Å². The molecule has 3 aromatic rings. The molecule has 2 amide bonds. The van der Waals surface area contributed by atoms with Gasteiger partial charge >= 0.3 is 0 Å². The SMILES string of the molecule is CCc1ccc(-c2cccc(SN[C@@H](Cc3cccc(C(=N)N)c3)C(=O)N3CCC(CCCC(=O)NC)CC3)c2)cc1. The molecule has 1 aliphatic rings. The third-order valence-corrected chi connectivity index (χ3v) is 8.94. The molecule has 0 spiro atoms. The number of amides is 2. The molecule has 0 unspecified atom stereocenters.